The van der Waals surface area contributed by atoms with Gasteiger partial charge in [-0.15, -0.1) is 10.2 Å². The van der Waals surface area contributed by atoms with Crippen LogP contribution in [0.3, 0.4) is 0 Å². The quantitative estimate of drug-likeness (QED) is 0.0226. The number of carbonyl (C=O) groups is 8. The van der Waals surface area contributed by atoms with E-state index in [1.54, 1.807) is 163 Å². The maximum absolute atomic E-state index is 14.3. The van der Waals surface area contributed by atoms with Gasteiger partial charge in [0.05, 0.1) is 59.4 Å². The molecule has 34 nitrogen and oxygen atoms in total. The van der Waals surface area contributed by atoms with Gasteiger partial charge in [-0.1, -0.05) is 121 Å². The average Bonchev–Trinajstić information content (AvgIpc) is 0.790. The number of hydrogen-bond donors (Lipinski definition) is 8. The first kappa shape index (κ1) is 84.8. The summed E-state index contributed by atoms with van der Waals surface area (Å²) in [5, 5.41) is 32.8. The van der Waals surface area contributed by atoms with Crippen molar-refractivity contribution in [2.24, 2.45) is 34.5 Å². The third kappa shape index (κ3) is 21.2. The number of ether oxygens (including phenoxy) is 4. The SMILES string of the molecule is CC(C)COc1cc(C(=O)Nc2cccc(NC(=O)C(C)(C)C)n2)nc2nc(NC(=O)c3cc(OCC(C)C)c4ccc(NC(=O)c5cccc(-c6ccc(-c7cccc(C(=O)Nc8ccc9c(OCC(C)C)cc(C(=O)Nc%10ccc%11c(OCC(C)C)cc(C(=O)Nc%12cccc(NC(=O)C(C)(C)C)n%12)nc%11n%10)nc9n8)n7)nn6)n5)nc4n3)ccc12. The number of amides is 8. The lowest BCUT2D eigenvalue weighted by molar-refractivity contribution is -0.123. The summed E-state index contributed by atoms with van der Waals surface area (Å²) in [5.74, 6) is -1.76. The predicted octanol–water partition coefficient (Wildman–Crippen LogP) is 14.8. The molecule has 34 heteroatoms. The van der Waals surface area contributed by atoms with Crippen LogP contribution in [0.1, 0.15) is 160 Å². The second kappa shape index (κ2) is 36.4. The molecule has 0 aliphatic carbocycles. The first-order valence-corrected chi connectivity index (χ1v) is 39.2. The van der Waals surface area contributed by atoms with Crippen LogP contribution in [-0.4, -0.2) is 144 Å². The normalized spacial score (nSPS) is 11.6. The molecule has 0 saturated carbocycles. The van der Waals surface area contributed by atoms with Crippen molar-refractivity contribution in [2.45, 2.75) is 96.9 Å². The fourth-order valence-electron chi connectivity index (χ4n) is 11.4. The topological polar surface area (TPSA) is 450 Å². The summed E-state index contributed by atoms with van der Waals surface area (Å²) in [7, 11) is 0. The monoisotopic (exact) mass is 1640 g/mol. The molecule has 8 N–H and O–H groups in total. The zero-order valence-electron chi connectivity index (χ0n) is 69.3. The van der Waals surface area contributed by atoms with Gasteiger partial charge in [0.1, 0.15) is 115 Å². The predicted molar refractivity (Wildman–Crippen MR) is 460 cm³/mol. The molecule has 0 radical (unpaired) electrons. The Balaban J connectivity index is 0.676. The molecule has 0 unspecified atom stereocenters. The van der Waals surface area contributed by atoms with E-state index in [0.717, 1.165) is 0 Å². The van der Waals surface area contributed by atoms with E-state index in [1.165, 1.54) is 36.4 Å². The van der Waals surface area contributed by atoms with Crippen LogP contribution in [0, 0.1) is 34.5 Å². The van der Waals surface area contributed by atoms with Crippen molar-refractivity contribution in [2.75, 3.05) is 69.0 Å². The molecule has 0 atom stereocenters. The highest BCUT2D eigenvalue weighted by Crippen LogP contribution is 2.34. The van der Waals surface area contributed by atoms with Crippen molar-refractivity contribution in [3.05, 3.63) is 192 Å². The minimum Gasteiger partial charge on any atom is -0.492 e. The van der Waals surface area contributed by atoms with Crippen LogP contribution in [-0.2, 0) is 9.59 Å². The highest BCUT2D eigenvalue weighted by molar-refractivity contribution is 6.10. The van der Waals surface area contributed by atoms with Gasteiger partial charge in [-0.05, 0) is 133 Å². The summed E-state index contributed by atoms with van der Waals surface area (Å²) in [6.45, 7) is 27.6. The molecule has 622 valence electrons. The Morgan fingerprint density at radius 1 is 0.262 bits per heavy atom. The van der Waals surface area contributed by atoms with E-state index in [1.807, 2.05) is 55.4 Å². The Kier molecular flexibility index (Phi) is 25.3. The lowest BCUT2D eigenvalue weighted by Gasteiger charge is -2.17. The smallest absolute Gasteiger partial charge is 0.275 e. The summed E-state index contributed by atoms with van der Waals surface area (Å²) in [4.78, 5) is 165. The van der Waals surface area contributed by atoms with E-state index in [0.29, 0.717) is 80.5 Å². The van der Waals surface area contributed by atoms with Gasteiger partial charge in [0.15, 0.2) is 22.6 Å². The second-order valence-electron chi connectivity index (χ2n) is 32.2. The largest absolute Gasteiger partial charge is 0.492 e. The Hall–Kier alpha value is -15.1. The summed E-state index contributed by atoms with van der Waals surface area (Å²) in [5.41, 5.74) is -0.266. The third-order valence-electron chi connectivity index (χ3n) is 17.7. The minimum atomic E-state index is -0.697. The summed E-state index contributed by atoms with van der Waals surface area (Å²) in [6, 6.07) is 41.3. The molecule has 0 aromatic carbocycles. The molecule has 0 fully saturated rings. The highest BCUT2D eigenvalue weighted by atomic mass is 16.5. The fourth-order valence-corrected chi connectivity index (χ4v) is 11.4. The van der Waals surface area contributed by atoms with Crippen LogP contribution in [0.2, 0.25) is 0 Å². The first-order valence-electron chi connectivity index (χ1n) is 39.2. The lowest BCUT2D eigenvalue weighted by Crippen LogP contribution is -2.28. The third-order valence-corrected chi connectivity index (χ3v) is 17.7. The molecule has 0 spiro atoms. The van der Waals surface area contributed by atoms with Crippen LogP contribution in [0.25, 0.3) is 66.9 Å². The molecule has 0 bridgehead atoms. The van der Waals surface area contributed by atoms with Gasteiger partial charge >= 0.3 is 0 Å². The standard InChI is InChI=1S/C88H88N22O12/c1-45(2)41-119-63-37-59(81(113)101-67-23-17-25-69(95-67)107-85(117)87(9,10)11)91-77-51(63)29-35-73(99-77)105-83(115)61-39-65(121-43-47(5)6)49-27-33-71(97-75(49)93-61)103-79(111)57-21-15-19-53(89-57)55-31-32-56(110-109-55)54-20-16-22-58(90-54)80(112)104-72-34-28-50-66(122-44-48(7)8)40-62(94-76(50)98-72)84(116)106-74-36-30-52-64(120-42-46(3)4)38-60(92-78(52)100-74)82(114)102-68-24-18-26-70(96-68)108-86(118)88(12,13)14/h15-40,45-48H,41-44H2,1-14H3,(H,91,99,105,115)(H,92,100,106,116)(H,93,97,103,111)(H,94,98,104,112)(H2,95,101,107,113,117)(H2,96,102,108,114,118). The Morgan fingerprint density at radius 3 is 0.746 bits per heavy atom. The maximum atomic E-state index is 14.3. The zero-order valence-corrected chi connectivity index (χ0v) is 69.3. The molecule has 0 aliphatic rings. The minimum absolute atomic E-state index is 0.00523. The lowest BCUT2D eigenvalue weighted by atomic mass is 9.96. The number of anilines is 8. The molecule has 0 aliphatic heterocycles. The van der Waals surface area contributed by atoms with Crippen molar-refractivity contribution >= 4 is 138 Å². The van der Waals surface area contributed by atoms with Gasteiger partial charge in [0.25, 0.3) is 35.4 Å². The summed E-state index contributed by atoms with van der Waals surface area (Å²) >= 11 is 0. The van der Waals surface area contributed by atoms with E-state index in [4.69, 9.17) is 18.9 Å². The van der Waals surface area contributed by atoms with Crippen LogP contribution in [0.4, 0.5) is 46.5 Å². The summed E-state index contributed by atoms with van der Waals surface area (Å²) in [6.07, 6.45) is 0. The van der Waals surface area contributed by atoms with Crippen LogP contribution in [0.15, 0.2) is 158 Å². The summed E-state index contributed by atoms with van der Waals surface area (Å²) < 4.78 is 24.8. The molecule has 8 amide bonds. The highest BCUT2D eigenvalue weighted by Gasteiger charge is 2.27. The number of pyridine rings is 12. The van der Waals surface area contributed by atoms with Crippen molar-refractivity contribution in [1.29, 1.82) is 0 Å². The second-order valence-corrected chi connectivity index (χ2v) is 32.2. The fraction of sp³-hybridized carbons (Fsp3) is 0.273. The number of nitrogens with one attached hydrogen (secondary N) is 8. The number of rotatable bonds is 28. The van der Waals surface area contributed by atoms with E-state index in [9.17, 15) is 38.4 Å². The molecule has 122 heavy (non-hydrogen) atoms. The Bertz CT molecular complexity index is 5880. The number of hydrogen-bond acceptors (Lipinski definition) is 26. The number of aromatic nitrogens is 14. The van der Waals surface area contributed by atoms with E-state index < -0.39 is 46.3 Å². The van der Waals surface area contributed by atoms with Crippen molar-refractivity contribution in [3.8, 4) is 45.8 Å². The molecular weight excluding hydrogens is 1560 g/mol. The molecular formula is C88H88N22O12. The number of carbonyl (C=O) groups excluding carboxylic acids is 8. The number of fused-ring (bicyclic) bond motifs is 4. The van der Waals surface area contributed by atoms with Crippen LogP contribution in [0.5, 0.6) is 23.0 Å². The van der Waals surface area contributed by atoms with Gasteiger partial charge in [-0.2, -0.15) is 0 Å². The van der Waals surface area contributed by atoms with Gasteiger partial charge < -0.3 is 61.5 Å². The Morgan fingerprint density at radius 2 is 0.500 bits per heavy atom. The molecule has 13 rings (SSSR count). The molecule has 13 aromatic rings. The van der Waals surface area contributed by atoms with E-state index >= 15 is 0 Å². The van der Waals surface area contributed by atoms with E-state index in [-0.39, 0.29) is 152 Å². The maximum Gasteiger partial charge on any atom is 0.275 e. The van der Waals surface area contributed by atoms with Gasteiger partial charge in [-0.3, -0.25) is 38.4 Å². The Labute approximate surface area is 699 Å². The van der Waals surface area contributed by atoms with Crippen molar-refractivity contribution < 1.29 is 57.3 Å². The molecule has 0 saturated heterocycles. The molecule has 13 heterocycles. The zero-order chi connectivity index (χ0) is 86.8. The van der Waals surface area contributed by atoms with Crippen molar-refractivity contribution in [3.63, 3.8) is 0 Å². The molecule has 13 aromatic heterocycles. The van der Waals surface area contributed by atoms with Gasteiger partial charge in [0.2, 0.25) is 11.8 Å². The average molecular weight is 1650 g/mol. The van der Waals surface area contributed by atoms with Gasteiger partial charge in [-0.25, -0.2) is 59.8 Å². The van der Waals surface area contributed by atoms with Crippen molar-refractivity contribution in [1.82, 2.24) is 70.0 Å². The van der Waals surface area contributed by atoms with E-state index in [2.05, 4.69) is 113 Å². The van der Waals surface area contributed by atoms with Crippen LogP contribution >= 0.6 is 0 Å². The van der Waals surface area contributed by atoms with Crippen LogP contribution < -0.4 is 61.5 Å². The van der Waals surface area contributed by atoms with Gasteiger partial charge in [0, 0.05) is 35.1 Å². The first-order chi connectivity index (χ1) is 58.2. The number of nitrogens with zero attached hydrogens (tertiary/aromatic N) is 14.